The van der Waals surface area contributed by atoms with Crippen molar-refractivity contribution >= 4 is 53.3 Å². The van der Waals surface area contributed by atoms with Crippen LogP contribution < -0.4 is 43.0 Å². The predicted octanol–water partition coefficient (Wildman–Crippen LogP) is -2.59. The van der Waals surface area contributed by atoms with Gasteiger partial charge in [0.1, 0.15) is 42.3 Å². The van der Waals surface area contributed by atoms with Crippen LogP contribution in [0, 0.1) is 11.8 Å². The lowest BCUT2D eigenvalue weighted by Crippen LogP contribution is -2.62. The molecular formula is C37H56N8O12. The summed E-state index contributed by atoms with van der Waals surface area (Å²) in [6.45, 7) is 5.80. The molecule has 316 valence electrons. The van der Waals surface area contributed by atoms with E-state index in [1.807, 2.05) is 0 Å². The smallest absolute Gasteiger partial charge is 0.305 e. The Hall–Kier alpha value is -5.63. The van der Waals surface area contributed by atoms with E-state index < -0.39 is 127 Å². The van der Waals surface area contributed by atoms with Crippen molar-refractivity contribution in [3.05, 3.63) is 35.9 Å². The molecule has 57 heavy (non-hydrogen) atoms. The Balaban J connectivity index is 2.73. The fraction of sp³-hybridized carbons (Fsp3) is 0.595. The SMILES string of the molecule is CC[C@H](C)[C@@H]1NC(=O)[C@H](C(C)C)NC(=O)[C@H](Cc2ccccc2)NC(=O)[C@H](CO)NC(=O)[C@H](CCCCN)NC(=O)[C@H](CC(=O)O)NC(=O)[C@H](CC(=O)O)NC1=O. The van der Waals surface area contributed by atoms with E-state index in [2.05, 4.69) is 37.2 Å². The minimum atomic E-state index is -1.90. The molecule has 1 aromatic carbocycles. The van der Waals surface area contributed by atoms with Crippen LogP contribution in [0.25, 0.3) is 0 Å². The Labute approximate surface area is 330 Å². The Bertz CT molecular complexity index is 1590. The molecule has 1 saturated heterocycles. The second kappa shape index (κ2) is 23.4. The molecule has 1 aliphatic heterocycles. The summed E-state index contributed by atoms with van der Waals surface area (Å²) < 4.78 is 0. The maximum atomic E-state index is 13.9. The fourth-order valence-electron chi connectivity index (χ4n) is 5.87. The molecule has 0 unspecified atom stereocenters. The number of carbonyl (C=O) groups is 9. The molecule has 0 aliphatic carbocycles. The number of aliphatic hydroxyl groups is 1. The first-order chi connectivity index (χ1) is 26.9. The van der Waals surface area contributed by atoms with E-state index in [4.69, 9.17) is 5.73 Å². The minimum Gasteiger partial charge on any atom is -0.481 e. The van der Waals surface area contributed by atoms with Gasteiger partial charge in [-0.25, -0.2) is 0 Å². The second-order valence-corrected chi connectivity index (χ2v) is 14.3. The van der Waals surface area contributed by atoms with Crippen LogP contribution in [0.15, 0.2) is 30.3 Å². The fourth-order valence-corrected chi connectivity index (χ4v) is 5.87. The first-order valence-corrected chi connectivity index (χ1v) is 18.8. The average molecular weight is 805 g/mol. The largest absolute Gasteiger partial charge is 0.481 e. The van der Waals surface area contributed by atoms with Gasteiger partial charge in [-0.15, -0.1) is 0 Å². The van der Waals surface area contributed by atoms with E-state index in [9.17, 15) is 58.5 Å². The third-order valence-electron chi connectivity index (χ3n) is 9.37. The van der Waals surface area contributed by atoms with Crippen molar-refractivity contribution in [3.8, 4) is 0 Å². The number of rotatable bonds is 14. The minimum absolute atomic E-state index is 0.0896. The molecule has 1 aliphatic rings. The van der Waals surface area contributed by atoms with Gasteiger partial charge in [-0.1, -0.05) is 64.4 Å². The van der Waals surface area contributed by atoms with Crippen LogP contribution in [-0.4, -0.2) is 124 Å². The first kappa shape index (κ1) is 47.5. The Morgan fingerprint density at radius 2 is 1.05 bits per heavy atom. The molecular weight excluding hydrogens is 748 g/mol. The third kappa shape index (κ3) is 15.4. The molecule has 8 atom stereocenters. The summed E-state index contributed by atoms with van der Waals surface area (Å²) in [7, 11) is 0. The molecule has 20 nitrogen and oxygen atoms in total. The van der Waals surface area contributed by atoms with E-state index in [1.165, 1.54) is 0 Å². The quantitative estimate of drug-likeness (QED) is 0.0862. The number of carboxylic acid groups (broad SMARTS) is 2. The molecule has 2 rings (SSSR count). The van der Waals surface area contributed by atoms with Crippen LogP contribution in [0.2, 0.25) is 0 Å². The topological polar surface area (TPSA) is 325 Å². The monoisotopic (exact) mass is 804 g/mol. The number of aliphatic carboxylic acids is 2. The lowest BCUT2D eigenvalue weighted by molar-refractivity contribution is -0.144. The molecule has 0 radical (unpaired) electrons. The molecule has 1 heterocycles. The van der Waals surface area contributed by atoms with Crippen molar-refractivity contribution in [2.45, 2.75) is 115 Å². The van der Waals surface area contributed by atoms with Crippen molar-refractivity contribution in [1.29, 1.82) is 0 Å². The molecule has 1 fully saturated rings. The highest BCUT2D eigenvalue weighted by atomic mass is 16.4. The van der Waals surface area contributed by atoms with Crippen molar-refractivity contribution in [2.75, 3.05) is 13.2 Å². The number of hydrogen-bond acceptors (Lipinski definition) is 11. The number of carboxylic acids is 2. The molecule has 20 heteroatoms. The van der Waals surface area contributed by atoms with Gasteiger partial charge in [0.25, 0.3) is 0 Å². The summed E-state index contributed by atoms with van der Waals surface area (Å²) in [6.07, 6.45) is -1.27. The summed E-state index contributed by atoms with van der Waals surface area (Å²) >= 11 is 0. The van der Waals surface area contributed by atoms with E-state index in [-0.39, 0.29) is 25.8 Å². The zero-order chi connectivity index (χ0) is 42.8. The summed E-state index contributed by atoms with van der Waals surface area (Å²) in [4.78, 5) is 119. The van der Waals surface area contributed by atoms with Gasteiger partial charge in [0.2, 0.25) is 41.4 Å². The molecule has 1 aromatic rings. The van der Waals surface area contributed by atoms with Crippen molar-refractivity contribution < 1.29 is 58.5 Å². The number of aliphatic hydroxyl groups excluding tert-OH is 1. The van der Waals surface area contributed by atoms with Gasteiger partial charge < -0.3 is 58.3 Å². The van der Waals surface area contributed by atoms with Gasteiger partial charge in [-0.05, 0) is 43.2 Å². The number of carbonyl (C=O) groups excluding carboxylic acids is 7. The number of nitrogens with two attached hydrogens (primary N) is 1. The third-order valence-corrected chi connectivity index (χ3v) is 9.37. The van der Waals surface area contributed by atoms with Crippen LogP contribution >= 0.6 is 0 Å². The molecule has 0 aromatic heterocycles. The highest BCUT2D eigenvalue weighted by molar-refractivity contribution is 6.00. The number of hydrogen-bond donors (Lipinski definition) is 11. The van der Waals surface area contributed by atoms with Crippen LogP contribution in [-0.2, 0) is 49.6 Å². The van der Waals surface area contributed by atoms with E-state index in [0.717, 1.165) is 0 Å². The predicted molar refractivity (Wildman–Crippen MR) is 202 cm³/mol. The number of benzene rings is 1. The molecule has 0 bridgehead atoms. The maximum Gasteiger partial charge on any atom is 0.305 e. The standard InChI is InChI=1S/C37H56N8O12/c1-5-20(4)30-37(57)42-25(17-28(49)50)33(53)41-24(16-27(47)48)32(52)39-22(13-9-10-14-38)31(51)43-26(18-46)35(55)40-23(15-21-11-7-6-8-12-21)34(54)44-29(19(2)3)36(56)45-30/h6-8,11-12,19-20,22-26,29-30,46H,5,9-10,13-18,38H2,1-4H3,(H,39,52)(H,40,55)(H,41,53)(H,42,57)(H,43,51)(H,44,54)(H,45,56)(H,47,48)(H,49,50)/t20-,22-,23-,24-,25-,26-,29-,30-/m0/s1. The van der Waals surface area contributed by atoms with Crippen LogP contribution in [0.4, 0.5) is 0 Å². The van der Waals surface area contributed by atoms with Crippen LogP contribution in [0.1, 0.15) is 71.8 Å². The number of unbranched alkanes of at least 4 members (excludes halogenated alkanes) is 1. The highest BCUT2D eigenvalue weighted by Gasteiger charge is 2.38. The average Bonchev–Trinajstić information content (AvgIpc) is 3.15. The van der Waals surface area contributed by atoms with E-state index in [0.29, 0.717) is 18.4 Å². The lowest BCUT2D eigenvalue weighted by atomic mass is 9.95. The van der Waals surface area contributed by atoms with E-state index >= 15 is 0 Å². The molecule has 7 amide bonds. The van der Waals surface area contributed by atoms with Crippen LogP contribution in [0.3, 0.4) is 0 Å². The van der Waals surface area contributed by atoms with Gasteiger partial charge in [0.15, 0.2) is 0 Å². The van der Waals surface area contributed by atoms with Crippen molar-refractivity contribution in [1.82, 2.24) is 37.2 Å². The number of nitrogens with one attached hydrogen (secondary N) is 7. The lowest BCUT2D eigenvalue weighted by Gasteiger charge is -2.30. The van der Waals surface area contributed by atoms with Gasteiger partial charge in [-0.2, -0.15) is 0 Å². The zero-order valence-electron chi connectivity index (χ0n) is 32.5. The first-order valence-electron chi connectivity index (χ1n) is 18.8. The number of amides is 7. The zero-order valence-corrected chi connectivity index (χ0v) is 32.5. The summed E-state index contributed by atoms with van der Waals surface area (Å²) in [6, 6.07) is -2.43. The molecule has 12 N–H and O–H groups in total. The second-order valence-electron chi connectivity index (χ2n) is 14.3. The van der Waals surface area contributed by atoms with Gasteiger partial charge in [0, 0.05) is 6.42 Å². The summed E-state index contributed by atoms with van der Waals surface area (Å²) in [5.41, 5.74) is 6.20. The van der Waals surface area contributed by atoms with Gasteiger partial charge >= 0.3 is 11.9 Å². The Kier molecular flexibility index (Phi) is 19.5. The van der Waals surface area contributed by atoms with Crippen LogP contribution in [0.5, 0.6) is 0 Å². The molecule has 0 spiro atoms. The molecule has 0 saturated carbocycles. The summed E-state index contributed by atoms with van der Waals surface area (Å²) in [5.74, 6) is -11.4. The van der Waals surface area contributed by atoms with E-state index in [1.54, 1.807) is 58.0 Å². The van der Waals surface area contributed by atoms with Gasteiger partial charge in [-0.3, -0.25) is 43.2 Å². The summed E-state index contributed by atoms with van der Waals surface area (Å²) in [5, 5.41) is 46.3. The Morgan fingerprint density at radius 1 is 0.614 bits per heavy atom. The van der Waals surface area contributed by atoms with Crippen molar-refractivity contribution in [2.24, 2.45) is 17.6 Å². The Morgan fingerprint density at radius 3 is 1.56 bits per heavy atom. The highest BCUT2D eigenvalue weighted by Crippen LogP contribution is 2.13. The van der Waals surface area contributed by atoms with Crippen molar-refractivity contribution in [3.63, 3.8) is 0 Å². The maximum absolute atomic E-state index is 13.9. The van der Waals surface area contributed by atoms with Gasteiger partial charge in [0.05, 0.1) is 19.4 Å². The normalized spacial score (nSPS) is 25.3.